The van der Waals surface area contributed by atoms with Gasteiger partial charge in [0.15, 0.2) is 0 Å². The summed E-state index contributed by atoms with van der Waals surface area (Å²) in [6.45, 7) is 6.95. The van der Waals surface area contributed by atoms with Crippen molar-refractivity contribution in [2.75, 3.05) is 5.32 Å². The molecule has 0 fully saturated rings. The Morgan fingerprint density at radius 2 is 1.96 bits per heavy atom. The molecule has 1 heterocycles. The first-order chi connectivity index (χ1) is 10.8. The van der Waals surface area contributed by atoms with Gasteiger partial charge in [0.05, 0.1) is 5.56 Å². The monoisotopic (exact) mass is 391 g/mol. The molecule has 1 aromatic carbocycles. The lowest BCUT2D eigenvalue weighted by atomic mass is 9.72. The topological polar surface area (TPSA) is 29.1 Å². The molecule has 1 unspecified atom stereocenters. The molecule has 1 atom stereocenters. The van der Waals surface area contributed by atoms with Crippen molar-refractivity contribution in [3.8, 4) is 0 Å². The molecular formula is C19H22BrNOS. The highest BCUT2D eigenvalue weighted by Crippen LogP contribution is 2.40. The Balaban J connectivity index is 1.76. The summed E-state index contributed by atoms with van der Waals surface area (Å²) in [6, 6.07) is 7.70. The van der Waals surface area contributed by atoms with Gasteiger partial charge in [-0.05, 0) is 60.4 Å². The van der Waals surface area contributed by atoms with Crippen LogP contribution in [-0.4, -0.2) is 5.91 Å². The summed E-state index contributed by atoms with van der Waals surface area (Å²) in [5.41, 5.74) is 3.30. The molecule has 1 N–H and O–H groups in total. The average Bonchev–Trinajstić information content (AvgIpc) is 2.92. The molecule has 2 nitrogen and oxygen atoms in total. The van der Waals surface area contributed by atoms with Crippen LogP contribution in [0.5, 0.6) is 0 Å². The maximum atomic E-state index is 12.6. The Labute approximate surface area is 150 Å². The summed E-state index contributed by atoms with van der Waals surface area (Å²) >= 11 is 5.16. The van der Waals surface area contributed by atoms with Crippen molar-refractivity contribution in [2.24, 2.45) is 11.3 Å². The first kappa shape index (κ1) is 16.7. The number of anilines is 1. The van der Waals surface area contributed by atoms with Crippen LogP contribution in [0.25, 0.3) is 0 Å². The van der Waals surface area contributed by atoms with Crippen LogP contribution in [0.1, 0.15) is 48.0 Å². The standard InChI is InChI=1S/C19H22BrNOS/c1-19(2,3)12-4-9-15-16(11-23-17(15)10-12)18(22)21-14-7-5-13(20)6-8-14/h5-8,11-12H,4,9-10H2,1-3H3,(H,21,22). The number of rotatable bonds is 2. The third kappa shape index (κ3) is 3.69. The zero-order chi connectivity index (χ0) is 16.6. The number of amides is 1. The Kier molecular flexibility index (Phi) is 4.65. The Morgan fingerprint density at radius 1 is 1.26 bits per heavy atom. The average molecular weight is 392 g/mol. The number of carbonyl (C=O) groups excluding carboxylic acids is 1. The molecule has 3 rings (SSSR count). The first-order valence-corrected chi connectivity index (χ1v) is 9.68. The van der Waals surface area contributed by atoms with Crippen molar-refractivity contribution in [2.45, 2.75) is 40.0 Å². The van der Waals surface area contributed by atoms with E-state index >= 15 is 0 Å². The number of fused-ring (bicyclic) bond motifs is 1. The predicted octanol–water partition coefficient (Wildman–Crippen LogP) is 5.91. The van der Waals surface area contributed by atoms with E-state index in [1.807, 2.05) is 29.6 Å². The number of nitrogens with one attached hydrogen (secondary N) is 1. The number of benzene rings is 1. The van der Waals surface area contributed by atoms with Crippen molar-refractivity contribution in [1.82, 2.24) is 0 Å². The summed E-state index contributed by atoms with van der Waals surface area (Å²) in [6.07, 6.45) is 3.30. The smallest absolute Gasteiger partial charge is 0.256 e. The normalized spacial score (nSPS) is 17.7. The molecule has 122 valence electrons. The van der Waals surface area contributed by atoms with E-state index in [0.717, 1.165) is 28.6 Å². The molecular weight excluding hydrogens is 370 g/mol. The van der Waals surface area contributed by atoms with Crippen LogP contribution in [0.2, 0.25) is 0 Å². The van der Waals surface area contributed by atoms with Crippen molar-refractivity contribution < 1.29 is 4.79 Å². The van der Waals surface area contributed by atoms with Crippen molar-refractivity contribution in [3.05, 3.63) is 50.1 Å². The van der Waals surface area contributed by atoms with E-state index < -0.39 is 0 Å². The van der Waals surface area contributed by atoms with Gasteiger partial charge in [-0.15, -0.1) is 11.3 Å². The number of halogens is 1. The largest absolute Gasteiger partial charge is 0.322 e. The van der Waals surface area contributed by atoms with E-state index in [-0.39, 0.29) is 5.91 Å². The van der Waals surface area contributed by atoms with Crippen molar-refractivity contribution in [3.63, 3.8) is 0 Å². The minimum absolute atomic E-state index is 0.0130. The minimum atomic E-state index is 0.0130. The molecule has 1 amide bonds. The second-order valence-corrected chi connectivity index (χ2v) is 9.20. The van der Waals surface area contributed by atoms with Gasteiger partial charge in [-0.25, -0.2) is 0 Å². The van der Waals surface area contributed by atoms with E-state index in [9.17, 15) is 4.79 Å². The second-order valence-electron chi connectivity index (χ2n) is 7.32. The molecule has 1 aliphatic rings. The first-order valence-electron chi connectivity index (χ1n) is 8.01. The highest BCUT2D eigenvalue weighted by molar-refractivity contribution is 9.10. The fourth-order valence-corrected chi connectivity index (χ4v) is 4.60. The Morgan fingerprint density at radius 3 is 2.61 bits per heavy atom. The van der Waals surface area contributed by atoms with Gasteiger partial charge < -0.3 is 5.32 Å². The summed E-state index contributed by atoms with van der Waals surface area (Å²) in [5.74, 6) is 0.718. The fraction of sp³-hybridized carbons (Fsp3) is 0.421. The second kappa shape index (κ2) is 6.40. The van der Waals surface area contributed by atoms with E-state index in [1.54, 1.807) is 11.3 Å². The molecule has 2 aromatic rings. The van der Waals surface area contributed by atoms with Gasteiger partial charge in [0, 0.05) is 20.4 Å². The van der Waals surface area contributed by atoms with E-state index in [2.05, 4.69) is 42.0 Å². The maximum Gasteiger partial charge on any atom is 0.256 e. The predicted molar refractivity (Wildman–Crippen MR) is 101 cm³/mol. The summed E-state index contributed by atoms with van der Waals surface area (Å²) in [5, 5.41) is 5.04. The number of hydrogen-bond donors (Lipinski definition) is 1. The van der Waals surface area contributed by atoms with Crippen LogP contribution < -0.4 is 5.32 Å². The Hall–Kier alpha value is -1.13. The minimum Gasteiger partial charge on any atom is -0.322 e. The van der Waals surface area contributed by atoms with Crippen molar-refractivity contribution >= 4 is 38.9 Å². The third-order valence-corrected chi connectivity index (χ3v) is 6.31. The zero-order valence-corrected chi connectivity index (χ0v) is 16.2. The molecule has 0 spiro atoms. The van der Waals surface area contributed by atoms with Gasteiger partial charge in [-0.2, -0.15) is 0 Å². The molecule has 0 aliphatic heterocycles. The molecule has 0 radical (unpaired) electrons. The molecule has 0 saturated heterocycles. The SMILES string of the molecule is CC(C)(C)C1CCc2c(C(=O)Nc3ccc(Br)cc3)csc2C1. The van der Waals surface area contributed by atoms with E-state index in [4.69, 9.17) is 0 Å². The summed E-state index contributed by atoms with van der Waals surface area (Å²) in [7, 11) is 0. The van der Waals surface area contributed by atoms with Gasteiger partial charge in [0.2, 0.25) is 0 Å². The van der Waals surface area contributed by atoms with E-state index in [0.29, 0.717) is 11.3 Å². The third-order valence-electron chi connectivity index (χ3n) is 4.73. The molecule has 23 heavy (non-hydrogen) atoms. The molecule has 1 aromatic heterocycles. The van der Waals surface area contributed by atoms with Gasteiger partial charge in [0.1, 0.15) is 0 Å². The highest BCUT2D eigenvalue weighted by atomic mass is 79.9. The highest BCUT2D eigenvalue weighted by Gasteiger charge is 2.31. The van der Waals surface area contributed by atoms with Crippen LogP contribution in [0.4, 0.5) is 5.69 Å². The van der Waals surface area contributed by atoms with Gasteiger partial charge in [0.25, 0.3) is 5.91 Å². The number of hydrogen-bond acceptors (Lipinski definition) is 2. The lowest BCUT2D eigenvalue weighted by molar-refractivity contribution is 0.102. The fourth-order valence-electron chi connectivity index (χ4n) is 3.17. The Bertz CT molecular complexity index is 712. The number of thiophene rings is 1. The maximum absolute atomic E-state index is 12.6. The lowest BCUT2D eigenvalue weighted by Gasteiger charge is -2.34. The van der Waals surface area contributed by atoms with Crippen LogP contribution in [-0.2, 0) is 12.8 Å². The summed E-state index contributed by atoms with van der Waals surface area (Å²) < 4.78 is 1.01. The van der Waals surface area contributed by atoms with Gasteiger partial charge >= 0.3 is 0 Å². The van der Waals surface area contributed by atoms with Gasteiger partial charge in [-0.3, -0.25) is 4.79 Å². The molecule has 0 saturated carbocycles. The van der Waals surface area contributed by atoms with Crippen LogP contribution in [0.3, 0.4) is 0 Å². The van der Waals surface area contributed by atoms with Crippen molar-refractivity contribution in [1.29, 1.82) is 0 Å². The quantitative estimate of drug-likeness (QED) is 0.676. The zero-order valence-electron chi connectivity index (χ0n) is 13.8. The van der Waals surface area contributed by atoms with E-state index in [1.165, 1.54) is 16.9 Å². The molecule has 4 heteroatoms. The molecule has 0 bridgehead atoms. The summed E-state index contributed by atoms with van der Waals surface area (Å²) in [4.78, 5) is 14.0. The van der Waals surface area contributed by atoms with Crippen LogP contribution in [0, 0.1) is 11.3 Å². The molecule has 1 aliphatic carbocycles. The van der Waals surface area contributed by atoms with Crippen LogP contribution >= 0.6 is 27.3 Å². The number of carbonyl (C=O) groups is 1. The van der Waals surface area contributed by atoms with Crippen LogP contribution in [0.15, 0.2) is 34.1 Å². The lowest BCUT2D eigenvalue weighted by Crippen LogP contribution is -2.27. The van der Waals surface area contributed by atoms with Gasteiger partial charge in [-0.1, -0.05) is 36.7 Å².